The van der Waals surface area contributed by atoms with Gasteiger partial charge in [0.2, 0.25) is 0 Å². The summed E-state index contributed by atoms with van der Waals surface area (Å²) in [6.45, 7) is 4.19. The van der Waals surface area contributed by atoms with Crippen LogP contribution in [0.1, 0.15) is 20.3 Å². The Morgan fingerprint density at radius 3 is 2.70 bits per heavy atom. The number of aliphatic hydroxyl groups excluding tert-OH is 1. The highest BCUT2D eigenvalue weighted by Crippen LogP contribution is 2.01. The van der Waals surface area contributed by atoms with E-state index in [1.165, 1.54) is 5.57 Å². The Morgan fingerprint density at radius 1 is 1.70 bits per heavy atom. The molecule has 0 heterocycles. The third-order valence-corrected chi connectivity index (χ3v) is 1.40. The SMILES string of the molecule is COC(C)C=C(C)CCO. The van der Waals surface area contributed by atoms with Gasteiger partial charge in [0, 0.05) is 13.7 Å². The van der Waals surface area contributed by atoms with Crippen molar-refractivity contribution in [3.8, 4) is 0 Å². The van der Waals surface area contributed by atoms with Crippen molar-refractivity contribution in [2.45, 2.75) is 26.4 Å². The van der Waals surface area contributed by atoms with Gasteiger partial charge in [-0.25, -0.2) is 0 Å². The molecular formula is C8H16O2. The van der Waals surface area contributed by atoms with Crippen molar-refractivity contribution in [3.63, 3.8) is 0 Å². The minimum atomic E-state index is 0.159. The molecule has 0 rings (SSSR count). The maximum atomic E-state index is 8.54. The van der Waals surface area contributed by atoms with Crippen LogP contribution in [0.3, 0.4) is 0 Å². The van der Waals surface area contributed by atoms with Crippen LogP contribution < -0.4 is 0 Å². The second kappa shape index (κ2) is 5.45. The lowest BCUT2D eigenvalue weighted by Gasteiger charge is -2.04. The zero-order valence-electron chi connectivity index (χ0n) is 6.92. The molecule has 0 fully saturated rings. The van der Waals surface area contributed by atoms with Gasteiger partial charge in [-0.1, -0.05) is 11.6 Å². The summed E-state index contributed by atoms with van der Waals surface area (Å²) >= 11 is 0. The van der Waals surface area contributed by atoms with Gasteiger partial charge in [-0.05, 0) is 20.3 Å². The molecule has 0 spiro atoms. The number of methoxy groups -OCH3 is 1. The minimum absolute atomic E-state index is 0.159. The fourth-order valence-electron chi connectivity index (χ4n) is 0.728. The van der Waals surface area contributed by atoms with Gasteiger partial charge in [-0.15, -0.1) is 0 Å². The Bertz CT molecular complexity index is 108. The molecule has 60 valence electrons. The van der Waals surface area contributed by atoms with Gasteiger partial charge in [-0.2, -0.15) is 0 Å². The Balaban J connectivity index is 3.65. The van der Waals surface area contributed by atoms with Crippen LogP contribution in [0.15, 0.2) is 11.6 Å². The lowest BCUT2D eigenvalue weighted by molar-refractivity contribution is 0.155. The molecule has 1 unspecified atom stereocenters. The van der Waals surface area contributed by atoms with Crippen LogP contribution in [-0.2, 0) is 4.74 Å². The predicted octanol–water partition coefficient (Wildman–Crippen LogP) is 1.35. The molecule has 2 heteroatoms. The molecule has 0 saturated heterocycles. The quantitative estimate of drug-likeness (QED) is 0.603. The van der Waals surface area contributed by atoms with Crippen molar-refractivity contribution >= 4 is 0 Å². The van der Waals surface area contributed by atoms with Crippen molar-refractivity contribution in [1.82, 2.24) is 0 Å². The zero-order valence-corrected chi connectivity index (χ0v) is 6.92. The summed E-state index contributed by atoms with van der Waals surface area (Å²) in [5.41, 5.74) is 1.18. The summed E-state index contributed by atoms with van der Waals surface area (Å²) in [7, 11) is 1.67. The van der Waals surface area contributed by atoms with E-state index in [1.807, 2.05) is 19.9 Å². The molecule has 0 amide bonds. The van der Waals surface area contributed by atoms with Crippen molar-refractivity contribution in [2.24, 2.45) is 0 Å². The van der Waals surface area contributed by atoms with E-state index >= 15 is 0 Å². The molecule has 2 nitrogen and oxygen atoms in total. The molecule has 0 saturated carbocycles. The fourth-order valence-corrected chi connectivity index (χ4v) is 0.728. The summed E-state index contributed by atoms with van der Waals surface area (Å²) in [6, 6.07) is 0. The molecule has 10 heavy (non-hydrogen) atoms. The summed E-state index contributed by atoms with van der Waals surface area (Å²) in [5.74, 6) is 0. The molecule has 0 aliphatic rings. The molecule has 0 aromatic rings. The standard InChI is InChI=1S/C8H16O2/c1-7(4-5-9)6-8(2)10-3/h6,8-9H,4-5H2,1-3H3. The Kier molecular flexibility index (Phi) is 5.26. The predicted molar refractivity (Wildman–Crippen MR) is 41.9 cm³/mol. The van der Waals surface area contributed by atoms with E-state index in [2.05, 4.69) is 0 Å². The van der Waals surface area contributed by atoms with E-state index in [1.54, 1.807) is 7.11 Å². The summed E-state index contributed by atoms with van der Waals surface area (Å²) < 4.78 is 5.01. The molecule has 0 aliphatic heterocycles. The maximum absolute atomic E-state index is 8.54. The second-order valence-electron chi connectivity index (χ2n) is 2.43. The highest BCUT2D eigenvalue weighted by Gasteiger charge is 1.94. The number of hydrogen-bond acceptors (Lipinski definition) is 2. The summed E-state index contributed by atoms with van der Waals surface area (Å²) in [5, 5.41) is 8.54. The van der Waals surface area contributed by atoms with Gasteiger partial charge in [0.05, 0.1) is 6.10 Å². The molecular weight excluding hydrogens is 128 g/mol. The highest BCUT2D eigenvalue weighted by atomic mass is 16.5. The van der Waals surface area contributed by atoms with E-state index < -0.39 is 0 Å². The van der Waals surface area contributed by atoms with Crippen LogP contribution in [0.25, 0.3) is 0 Å². The van der Waals surface area contributed by atoms with Gasteiger partial charge >= 0.3 is 0 Å². The molecule has 0 bridgehead atoms. The lowest BCUT2D eigenvalue weighted by atomic mass is 10.2. The van der Waals surface area contributed by atoms with Crippen LogP contribution >= 0.6 is 0 Å². The van der Waals surface area contributed by atoms with Gasteiger partial charge in [-0.3, -0.25) is 0 Å². The molecule has 0 aromatic heterocycles. The second-order valence-corrected chi connectivity index (χ2v) is 2.43. The van der Waals surface area contributed by atoms with Gasteiger partial charge < -0.3 is 9.84 Å². The molecule has 1 atom stereocenters. The minimum Gasteiger partial charge on any atom is -0.396 e. The van der Waals surface area contributed by atoms with E-state index in [0.29, 0.717) is 0 Å². The number of aliphatic hydroxyl groups is 1. The largest absolute Gasteiger partial charge is 0.396 e. The number of rotatable bonds is 4. The molecule has 1 N–H and O–H groups in total. The first-order valence-corrected chi connectivity index (χ1v) is 3.51. The van der Waals surface area contributed by atoms with Crippen molar-refractivity contribution in [1.29, 1.82) is 0 Å². The first-order valence-electron chi connectivity index (χ1n) is 3.51. The van der Waals surface area contributed by atoms with Crippen LogP contribution in [0.4, 0.5) is 0 Å². The van der Waals surface area contributed by atoms with Crippen LogP contribution in [0.5, 0.6) is 0 Å². The van der Waals surface area contributed by atoms with Crippen molar-refractivity contribution < 1.29 is 9.84 Å². The summed E-state index contributed by atoms with van der Waals surface area (Å²) in [4.78, 5) is 0. The molecule has 0 radical (unpaired) electrons. The van der Waals surface area contributed by atoms with Gasteiger partial charge in [0.1, 0.15) is 0 Å². The third-order valence-electron chi connectivity index (χ3n) is 1.40. The Labute approximate surface area is 62.5 Å². The Hall–Kier alpha value is -0.340. The van der Waals surface area contributed by atoms with E-state index in [9.17, 15) is 0 Å². The zero-order chi connectivity index (χ0) is 7.98. The summed E-state index contributed by atoms with van der Waals surface area (Å²) in [6.07, 6.45) is 2.91. The number of ether oxygens (including phenoxy) is 1. The van der Waals surface area contributed by atoms with Crippen molar-refractivity contribution in [3.05, 3.63) is 11.6 Å². The smallest absolute Gasteiger partial charge is 0.0726 e. The van der Waals surface area contributed by atoms with Crippen LogP contribution in [0.2, 0.25) is 0 Å². The average molecular weight is 144 g/mol. The monoisotopic (exact) mass is 144 g/mol. The van der Waals surface area contributed by atoms with Crippen LogP contribution in [0, 0.1) is 0 Å². The van der Waals surface area contributed by atoms with E-state index in [4.69, 9.17) is 9.84 Å². The highest BCUT2D eigenvalue weighted by molar-refractivity contribution is 5.00. The van der Waals surface area contributed by atoms with Crippen LogP contribution in [-0.4, -0.2) is 24.9 Å². The average Bonchev–Trinajstić information content (AvgIpc) is 1.88. The van der Waals surface area contributed by atoms with E-state index in [-0.39, 0.29) is 12.7 Å². The van der Waals surface area contributed by atoms with Gasteiger partial charge in [0.15, 0.2) is 0 Å². The van der Waals surface area contributed by atoms with Gasteiger partial charge in [0.25, 0.3) is 0 Å². The number of hydrogen-bond donors (Lipinski definition) is 1. The molecule has 0 aromatic carbocycles. The first kappa shape index (κ1) is 9.66. The topological polar surface area (TPSA) is 29.5 Å². The van der Waals surface area contributed by atoms with E-state index in [0.717, 1.165) is 6.42 Å². The Morgan fingerprint density at radius 2 is 2.30 bits per heavy atom. The fraction of sp³-hybridized carbons (Fsp3) is 0.750. The third kappa shape index (κ3) is 4.53. The maximum Gasteiger partial charge on any atom is 0.0726 e. The first-order chi connectivity index (χ1) is 4.70. The molecule has 0 aliphatic carbocycles. The van der Waals surface area contributed by atoms with Crippen molar-refractivity contribution in [2.75, 3.05) is 13.7 Å². The lowest BCUT2D eigenvalue weighted by Crippen LogP contribution is -2.01. The normalized spacial score (nSPS) is 15.4.